The van der Waals surface area contributed by atoms with Crippen molar-refractivity contribution in [3.8, 4) is 0 Å². The number of hydrogen-bond acceptors (Lipinski definition) is 0. The molecule has 38 heavy (non-hydrogen) atoms. The molecular weight excluding hydrogens is 572 g/mol. The van der Waals surface area contributed by atoms with Gasteiger partial charge in [-0.1, -0.05) is 97.2 Å². The van der Waals surface area contributed by atoms with E-state index in [4.69, 9.17) is 0 Å². The van der Waals surface area contributed by atoms with Gasteiger partial charge in [0.25, 0.3) is 0 Å². The zero-order chi connectivity index (χ0) is 25.1. The van der Waals surface area contributed by atoms with E-state index in [9.17, 15) is 17.6 Å². The van der Waals surface area contributed by atoms with Gasteiger partial charge in [0.15, 0.2) is 23.3 Å². The first-order valence-electron chi connectivity index (χ1n) is 11.6. The van der Waals surface area contributed by atoms with Gasteiger partial charge in [0.05, 0.1) is 0 Å². The second-order valence-corrected chi connectivity index (χ2v) is 8.55. The fraction of sp³-hybridized carbons (Fsp3) is 0.0625. The van der Waals surface area contributed by atoms with Gasteiger partial charge in [-0.05, 0) is 22.3 Å². The number of rotatable bonds is 2. The zero-order valence-corrected chi connectivity index (χ0v) is 22.1. The summed E-state index contributed by atoms with van der Waals surface area (Å²) in [5.41, 5.74) is 3.11. The Bertz CT molecular complexity index is 1260. The Balaban J connectivity index is 0.000000280. The monoisotopic (exact) mass is 594 g/mol. The maximum atomic E-state index is 14.6. The summed E-state index contributed by atoms with van der Waals surface area (Å²) in [6.45, 7) is 0. The van der Waals surface area contributed by atoms with Crippen molar-refractivity contribution < 1.29 is 51.7 Å². The van der Waals surface area contributed by atoms with E-state index in [0.29, 0.717) is 0 Å². The Morgan fingerprint density at radius 1 is 0.421 bits per heavy atom. The molecule has 7 aliphatic rings. The Morgan fingerprint density at radius 3 is 1.05 bits per heavy atom. The molecule has 0 amide bonds. The van der Waals surface area contributed by atoms with Gasteiger partial charge in [-0.2, -0.15) is 0 Å². The fourth-order valence-electron chi connectivity index (χ4n) is 4.82. The molecular formula is C32H22F4Fe2. The third kappa shape index (κ3) is 5.84. The van der Waals surface area contributed by atoms with E-state index in [1.807, 2.05) is 123 Å². The third-order valence-electron chi connectivity index (χ3n) is 6.43. The molecule has 0 aliphatic heterocycles. The van der Waals surface area contributed by atoms with Gasteiger partial charge in [0, 0.05) is 82.8 Å². The Kier molecular flexibility index (Phi) is 10.6. The molecule has 4 radical (unpaired) electrons. The smallest absolute Gasteiger partial charge is 0.197 e. The summed E-state index contributed by atoms with van der Waals surface area (Å²) in [6.07, 6.45) is 38.6. The maximum absolute atomic E-state index is 14.6. The summed E-state index contributed by atoms with van der Waals surface area (Å²) in [7, 11) is 0. The van der Waals surface area contributed by atoms with Crippen molar-refractivity contribution in [3.05, 3.63) is 180 Å². The van der Waals surface area contributed by atoms with Crippen LogP contribution in [0.15, 0.2) is 120 Å². The van der Waals surface area contributed by atoms with Crippen LogP contribution in [-0.4, -0.2) is 0 Å². The average molecular weight is 594 g/mol. The van der Waals surface area contributed by atoms with Gasteiger partial charge in [-0.3, -0.25) is 0 Å². The van der Waals surface area contributed by atoms with E-state index < -0.39 is 35.1 Å². The topological polar surface area (TPSA) is 0 Å². The molecule has 0 nitrogen and oxygen atoms in total. The second kappa shape index (κ2) is 13.4. The minimum absolute atomic E-state index is 0. The summed E-state index contributed by atoms with van der Waals surface area (Å²) >= 11 is 0. The predicted octanol–water partition coefficient (Wildman–Crippen LogP) is 8.32. The van der Waals surface area contributed by atoms with E-state index in [1.165, 1.54) is 0 Å². The van der Waals surface area contributed by atoms with Crippen molar-refractivity contribution in [3.63, 3.8) is 0 Å². The quantitative estimate of drug-likeness (QED) is 0.140. The maximum Gasteiger partial charge on any atom is 0.197 e. The molecule has 1 aromatic carbocycles. The van der Waals surface area contributed by atoms with Crippen molar-refractivity contribution in [2.24, 2.45) is 0 Å². The van der Waals surface area contributed by atoms with Crippen molar-refractivity contribution in [1.29, 1.82) is 0 Å². The van der Waals surface area contributed by atoms with Crippen molar-refractivity contribution in [1.82, 2.24) is 0 Å². The number of hydrogen-bond donors (Lipinski definition) is 0. The van der Waals surface area contributed by atoms with Gasteiger partial charge in [-0.25, -0.2) is 17.6 Å². The predicted molar refractivity (Wildman–Crippen MR) is 136 cm³/mol. The number of halogens is 4. The van der Waals surface area contributed by atoms with E-state index >= 15 is 0 Å². The molecule has 0 saturated carbocycles. The first-order valence-corrected chi connectivity index (χ1v) is 11.6. The Morgan fingerprint density at radius 2 is 0.789 bits per heavy atom. The summed E-state index contributed by atoms with van der Waals surface area (Å²) in [4.78, 5) is 0. The average Bonchev–Trinajstić information content (AvgIpc) is 3.75. The first kappa shape index (κ1) is 29.9. The van der Waals surface area contributed by atoms with Crippen LogP contribution in [0.4, 0.5) is 17.6 Å². The van der Waals surface area contributed by atoms with Crippen LogP contribution in [0.25, 0.3) is 0 Å². The van der Waals surface area contributed by atoms with Crippen LogP contribution >= 0.6 is 0 Å². The molecule has 0 spiro atoms. The van der Waals surface area contributed by atoms with Gasteiger partial charge in [0.1, 0.15) is 0 Å². The molecule has 1 unspecified atom stereocenters. The molecule has 6 heteroatoms. The minimum atomic E-state index is -1.75. The van der Waals surface area contributed by atoms with E-state index in [0.717, 1.165) is 22.3 Å². The Labute approximate surface area is 242 Å². The number of allylic oxidation sites excluding steroid dienone is 20. The normalized spacial score (nSPS) is 21.9. The van der Waals surface area contributed by atoms with Gasteiger partial charge in [0.2, 0.25) is 0 Å². The van der Waals surface area contributed by atoms with Crippen LogP contribution < -0.4 is 0 Å². The largest absolute Gasteiger partial charge is 0.203 e. The van der Waals surface area contributed by atoms with Crippen LogP contribution in [0.1, 0.15) is 23.0 Å². The van der Waals surface area contributed by atoms with Crippen LogP contribution in [-0.2, 0) is 34.1 Å². The molecule has 2 bridgehead atoms. The second-order valence-electron chi connectivity index (χ2n) is 8.55. The summed E-state index contributed by atoms with van der Waals surface area (Å²) < 4.78 is 57.1. The number of benzene rings is 1. The summed E-state index contributed by atoms with van der Waals surface area (Å²) in [6, 6.07) is 0. The molecule has 0 fully saturated rings. The minimum Gasteiger partial charge on any atom is -0.203 e. The van der Waals surface area contributed by atoms with Gasteiger partial charge < -0.3 is 0 Å². The van der Waals surface area contributed by atoms with Crippen LogP contribution in [0.2, 0.25) is 0 Å². The van der Waals surface area contributed by atoms with Crippen molar-refractivity contribution in [2.45, 2.75) is 11.8 Å². The SMILES string of the molecule is Fc1c(F)c(F)c2c(c1F)C1C=C(C3=C[CH]C=C3)[C@@H]2C=C1C1=C[CH]C=C1.[CH]1C=CC=C1.[CH]1C=CC=C1.[Fe].[Fe]. The third-order valence-corrected chi connectivity index (χ3v) is 6.43. The summed E-state index contributed by atoms with van der Waals surface area (Å²) in [5, 5.41) is 0. The molecule has 194 valence electrons. The van der Waals surface area contributed by atoms with E-state index in [2.05, 4.69) is 0 Å². The molecule has 0 aromatic heterocycles. The zero-order valence-electron chi connectivity index (χ0n) is 19.9. The van der Waals surface area contributed by atoms with Crippen molar-refractivity contribution in [2.75, 3.05) is 0 Å². The molecule has 8 rings (SSSR count). The first-order chi connectivity index (χ1) is 17.6. The van der Waals surface area contributed by atoms with Crippen LogP contribution in [0.3, 0.4) is 0 Å². The van der Waals surface area contributed by atoms with Gasteiger partial charge >= 0.3 is 0 Å². The molecule has 0 N–H and O–H groups in total. The standard InChI is InChI=1S/C22H12F4.2C5H5.2Fe/c23-19-17-15-10-14(12-7-3-4-8-12)16(9-13(15)11-5-1-2-6-11)18(17)20(24)22(26)21(19)25;2*1-2-4-5-3-1;;/h1-10,15-16H;2*1-5H;;/t15-,16?;;;;/m0..../s1. The fourth-order valence-corrected chi connectivity index (χ4v) is 4.82. The van der Waals surface area contributed by atoms with E-state index in [-0.39, 0.29) is 45.3 Å². The summed E-state index contributed by atoms with van der Waals surface area (Å²) in [5.74, 6) is -7.43. The molecule has 2 atom stereocenters. The Hall–Kier alpha value is -2.62. The van der Waals surface area contributed by atoms with Crippen LogP contribution in [0.5, 0.6) is 0 Å². The van der Waals surface area contributed by atoms with Crippen molar-refractivity contribution >= 4 is 0 Å². The molecule has 0 heterocycles. The van der Waals surface area contributed by atoms with Gasteiger partial charge in [-0.15, -0.1) is 0 Å². The molecule has 1 aromatic rings. The van der Waals surface area contributed by atoms with E-state index in [1.54, 1.807) is 0 Å². The molecule has 7 aliphatic carbocycles. The molecule has 0 saturated heterocycles. The van der Waals surface area contributed by atoms with Crippen LogP contribution in [0, 0.1) is 49.0 Å².